The number of nitrogens with one attached hydrogen (secondary N) is 2. The highest BCUT2D eigenvalue weighted by Crippen LogP contribution is 2.33. The van der Waals surface area contributed by atoms with Gasteiger partial charge in [-0.15, -0.1) is 0 Å². The molecule has 1 aliphatic heterocycles. The number of rotatable bonds is 5. The molecule has 0 amide bonds. The van der Waals surface area contributed by atoms with Crippen LogP contribution in [-0.2, 0) is 17.8 Å². The van der Waals surface area contributed by atoms with Gasteiger partial charge in [-0.1, -0.05) is 29.3 Å². The summed E-state index contributed by atoms with van der Waals surface area (Å²) in [5.74, 6) is -0.0617. The number of aromatic amines is 1. The molecule has 1 aliphatic rings. The number of aliphatic carboxylic acids is 1. The number of benzene rings is 2. The Morgan fingerprint density at radius 3 is 2.81 bits per heavy atom. The van der Waals surface area contributed by atoms with Gasteiger partial charge in [0.05, 0.1) is 22.5 Å². The molecule has 2 heterocycles. The minimum absolute atomic E-state index is 0.0561. The van der Waals surface area contributed by atoms with Crippen LogP contribution in [-0.4, -0.2) is 22.6 Å². The van der Waals surface area contributed by atoms with E-state index in [1.807, 2.05) is 24.3 Å². The number of aromatic nitrogens is 1. The molecule has 0 aliphatic carbocycles. The molecule has 1 aromatic heterocycles. The van der Waals surface area contributed by atoms with Crippen molar-refractivity contribution in [3.63, 3.8) is 0 Å². The van der Waals surface area contributed by atoms with E-state index in [1.54, 1.807) is 12.1 Å². The Labute approximate surface area is 166 Å². The first-order valence-corrected chi connectivity index (χ1v) is 9.43. The fourth-order valence-electron chi connectivity index (χ4n) is 3.52. The molecule has 0 fully saturated rings. The number of hydrogen-bond acceptors (Lipinski definition) is 3. The van der Waals surface area contributed by atoms with Gasteiger partial charge in [-0.25, -0.2) is 0 Å². The largest absolute Gasteiger partial charge is 0.489 e. The first-order valence-electron chi connectivity index (χ1n) is 8.67. The molecule has 7 heteroatoms. The second-order valence-corrected chi connectivity index (χ2v) is 7.43. The summed E-state index contributed by atoms with van der Waals surface area (Å²) in [5.41, 5.74) is 4.04. The zero-order valence-electron chi connectivity index (χ0n) is 14.4. The van der Waals surface area contributed by atoms with Crippen molar-refractivity contribution < 1.29 is 14.6 Å². The fraction of sp³-hybridized carbons (Fsp3) is 0.250. The second kappa shape index (κ2) is 7.43. The average Bonchev–Trinajstić information content (AvgIpc) is 3.01. The van der Waals surface area contributed by atoms with E-state index < -0.39 is 5.97 Å². The molecule has 5 nitrogen and oxygen atoms in total. The Kier molecular flexibility index (Phi) is 5.00. The number of halogens is 2. The molecule has 0 spiro atoms. The molecule has 3 aromatic rings. The molecule has 140 valence electrons. The van der Waals surface area contributed by atoms with Gasteiger partial charge in [0.1, 0.15) is 12.4 Å². The van der Waals surface area contributed by atoms with Crippen molar-refractivity contribution >= 4 is 40.1 Å². The SMILES string of the molecule is O=C(O)CC1NCCc2c1[nH]c1ccc(OCc3ccc(Cl)c(Cl)c3)cc21. The lowest BCUT2D eigenvalue weighted by molar-refractivity contribution is -0.137. The quantitative estimate of drug-likeness (QED) is 0.575. The van der Waals surface area contributed by atoms with Gasteiger partial charge in [0.2, 0.25) is 0 Å². The average molecular weight is 405 g/mol. The van der Waals surface area contributed by atoms with Gasteiger partial charge in [0.15, 0.2) is 0 Å². The van der Waals surface area contributed by atoms with Crippen LogP contribution in [0.1, 0.15) is 29.3 Å². The highest BCUT2D eigenvalue weighted by Gasteiger charge is 2.25. The molecule has 4 rings (SSSR count). The van der Waals surface area contributed by atoms with Crippen LogP contribution in [0.3, 0.4) is 0 Å². The predicted molar refractivity (Wildman–Crippen MR) is 106 cm³/mol. The standard InChI is InChI=1S/C20H18Cl2N2O3/c21-15-3-1-11(7-16(15)22)10-27-12-2-4-17-14(8-12)13-5-6-23-18(9-19(25)26)20(13)24-17/h1-4,7-8,18,23-24H,5-6,9-10H2,(H,25,26). The fourth-order valence-corrected chi connectivity index (χ4v) is 3.84. The van der Waals surface area contributed by atoms with Crippen LogP contribution in [0.15, 0.2) is 36.4 Å². The summed E-state index contributed by atoms with van der Waals surface area (Å²) in [5, 5.41) is 14.5. The second-order valence-electron chi connectivity index (χ2n) is 6.62. The third-order valence-corrected chi connectivity index (χ3v) is 5.53. The van der Waals surface area contributed by atoms with Crippen LogP contribution in [0.25, 0.3) is 10.9 Å². The molecular weight excluding hydrogens is 387 g/mol. The molecule has 3 N–H and O–H groups in total. The first kappa shape index (κ1) is 18.2. The Morgan fingerprint density at radius 1 is 1.19 bits per heavy atom. The normalized spacial score (nSPS) is 16.3. The highest BCUT2D eigenvalue weighted by atomic mass is 35.5. The lowest BCUT2D eigenvalue weighted by atomic mass is 9.97. The van der Waals surface area contributed by atoms with E-state index in [1.165, 1.54) is 0 Å². The minimum atomic E-state index is -0.815. The van der Waals surface area contributed by atoms with Crippen molar-refractivity contribution in [2.45, 2.75) is 25.5 Å². The molecule has 2 aromatic carbocycles. The van der Waals surface area contributed by atoms with Crippen LogP contribution in [0, 0.1) is 0 Å². The number of carboxylic acids is 1. The van der Waals surface area contributed by atoms with E-state index in [0.717, 1.165) is 46.4 Å². The van der Waals surface area contributed by atoms with Gasteiger partial charge >= 0.3 is 5.97 Å². The van der Waals surface area contributed by atoms with Crippen molar-refractivity contribution in [2.75, 3.05) is 6.54 Å². The number of H-pyrrole nitrogens is 1. The van der Waals surface area contributed by atoms with Gasteiger partial charge < -0.3 is 20.1 Å². The molecule has 0 saturated heterocycles. The zero-order valence-corrected chi connectivity index (χ0v) is 15.9. The van der Waals surface area contributed by atoms with E-state index in [-0.39, 0.29) is 12.5 Å². The maximum Gasteiger partial charge on any atom is 0.305 e. The zero-order chi connectivity index (χ0) is 19.0. The molecule has 1 unspecified atom stereocenters. The summed E-state index contributed by atoms with van der Waals surface area (Å²) in [4.78, 5) is 14.5. The van der Waals surface area contributed by atoms with E-state index in [0.29, 0.717) is 16.7 Å². The van der Waals surface area contributed by atoms with Crippen LogP contribution < -0.4 is 10.1 Å². The highest BCUT2D eigenvalue weighted by molar-refractivity contribution is 6.42. The minimum Gasteiger partial charge on any atom is -0.489 e. The monoisotopic (exact) mass is 404 g/mol. The molecule has 0 radical (unpaired) electrons. The van der Waals surface area contributed by atoms with Gasteiger partial charge in [0, 0.05) is 16.6 Å². The van der Waals surface area contributed by atoms with Gasteiger partial charge in [0.25, 0.3) is 0 Å². The van der Waals surface area contributed by atoms with Gasteiger partial charge in [-0.2, -0.15) is 0 Å². The first-order chi connectivity index (χ1) is 13.0. The van der Waals surface area contributed by atoms with Crippen LogP contribution >= 0.6 is 23.2 Å². The maximum atomic E-state index is 11.1. The Balaban J connectivity index is 1.58. The smallest absolute Gasteiger partial charge is 0.305 e. The van der Waals surface area contributed by atoms with E-state index in [9.17, 15) is 4.79 Å². The third-order valence-electron chi connectivity index (χ3n) is 4.79. The van der Waals surface area contributed by atoms with Gasteiger partial charge in [-0.05, 0) is 54.4 Å². The van der Waals surface area contributed by atoms with E-state index in [4.69, 9.17) is 33.0 Å². The number of fused-ring (bicyclic) bond motifs is 3. The number of hydrogen-bond donors (Lipinski definition) is 3. The topological polar surface area (TPSA) is 74.4 Å². The number of carboxylic acid groups (broad SMARTS) is 1. The summed E-state index contributed by atoms with van der Waals surface area (Å²) in [6.07, 6.45) is 0.905. The molecule has 0 bridgehead atoms. The lowest BCUT2D eigenvalue weighted by Gasteiger charge is -2.22. The Hall–Kier alpha value is -2.21. The summed E-state index contributed by atoms with van der Waals surface area (Å²) < 4.78 is 5.92. The van der Waals surface area contributed by atoms with Crippen molar-refractivity contribution in [1.82, 2.24) is 10.3 Å². The predicted octanol–water partition coefficient (Wildman–Crippen LogP) is 4.72. The van der Waals surface area contributed by atoms with Crippen LogP contribution in [0.2, 0.25) is 10.0 Å². The van der Waals surface area contributed by atoms with Crippen molar-refractivity contribution in [1.29, 1.82) is 0 Å². The third kappa shape index (κ3) is 3.76. The number of carbonyl (C=O) groups is 1. The van der Waals surface area contributed by atoms with Crippen LogP contribution in [0.4, 0.5) is 0 Å². The molecular formula is C20H18Cl2N2O3. The summed E-state index contributed by atoms with van der Waals surface area (Å²) in [6, 6.07) is 11.1. The van der Waals surface area contributed by atoms with Gasteiger partial charge in [-0.3, -0.25) is 4.79 Å². The molecule has 27 heavy (non-hydrogen) atoms. The summed E-state index contributed by atoms with van der Waals surface area (Å²) in [6.45, 7) is 1.14. The lowest BCUT2D eigenvalue weighted by Crippen LogP contribution is -2.31. The van der Waals surface area contributed by atoms with Crippen molar-refractivity contribution in [3.8, 4) is 5.75 Å². The van der Waals surface area contributed by atoms with Crippen LogP contribution in [0.5, 0.6) is 5.75 Å². The van der Waals surface area contributed by atoms with Crippen molar-refractivity contribution in [2.24, 2.45) is 0 Å². The molecule has 0 saturated carbocycles. The Bertz CT molecular complexity index is 1020. The molecule has 1 atom stereocenters. The summed E-state index contributed by atoms with van der Waals surface area (Å²) in [7, 11) is 0. The van der Waals surface area contributed by atoms with E-state index >= 15 is 0 Å². The maximum absolute atomic E-state index is 11.1. The Morgan fingerprint density at radius 2 is 2.04 bits per heavy atom. The number of ether oxygens (including phenoxy) is 1. The summed E-state index contributed by atoms with van der Waals surface area (Å²) >= 11 is 12.0. The van der Waals surface area contributed by atoms with Crippen molar-refractivity contribution in [3.05, 3.63) is 63.3 Å². The van der Waals surface area contributed by atoms with E-state index in [2.05, 4.69) is 10.3 Å².